The summed E-state index contributed by atoms with van der Waals surface area (Å²) in [6, 6.07) is 33.9. The first-order valence-corrected chi connectivity index (χ1v) is 13.0. The van der Waals surface area contributed by atoms with Crippen LogP contribution in [0.2, 0.25) is 0 Å². The second-order valence-electron chi connectivity index (χ2n) is 7.11. The number of hydrogen-bond donors (Lipinski definition) is 0. The van der Waals surface area contributed by atoms with Crippen molar-refractivity contribution in [3.8, 4) is 0 Å². The summed E-state index contributed by atoms with van der Waals surface area (Å²) < 4.78 is 10.7. The van der Waals surface area contributed by atoms with Gasteiger partial charge >= 0.3 is 181 Å². The van der Waals surface area contributed by atoms with Gasteiger partial charge in [-0.3, -0.25) is 0 Å². The summed E-state index contributed by atoms with van der Waals surface area (Å²) in [7, 11) is 1.34. The van der Waals surface area contributed by atoms with Gasteiger partial charge in [0.25, 0.3) is 0 Å². The second-order valence-corrected chi connectivity index (χ2v) is 13.6. The normalized spacial score (nSPS) is 12.7. The van der Waals surface area contributed by atoms with Gasteiger partial charge < -0.3 is 0 Å². The zero-order valence-corrected chi connectivity index (χ0v) is 18.2. The average molecular weight is 437 g/mol. The first kappa shape index (κ1) is 20.4. The summed E-state index contributed by atoms with van der Waals surface area (Å²) in [6.45, 7) is 0. The Balaban J connectivity index is 2.01. The first-order valence-electron chi connectivity index (χ1n) is 9.63. The van der Waals surface area contributed by atoms with E-state index in [-0.39, 0.29) is 5.76 Å². The number of furan rings is 1. The number of esters is 1. The Morgan fingerprint density at radius 3 is 1.60 bits per heavy atom. The van der Waals surface area contributed by atoms with E-state index in [1.165, 1.54) is 7.11 Å². The number of rotatable bonds is 6. The fourth-order valence-electron chi connectivity index (χ4n) is 3.90. The van der Waals surface area contributed by atoms with Gasteiger partial charge in [-0.05, 0) is 0 Å². The number of benzene rings is 3. The van der Waals surface area contributed by atoms with Crippen LogP contribution < -0.4 is 15.9 Å². The number of carbonyl (C=O) groups is 1. The number of carbonyl (C=O) groups excluding carboxylic acids is 1. The second kappa shape index (κ2) is 8.10. The van der Waals surface area contributed by atoms with Gasteiger partial charge in [-0.1, -0.05) is 0 Å². The van der Waals surface area contributed by atoms with Gasteiger partial charge in [0, 0.05) is 0 Å². The van der Waals surface area contributed by atoms with Crippen molar-refractivity contribution < 1.29 is 13.9 Å². The van der Waals surface area contributed by atoms with Crippen LogP contribution in [-0.4, -0.2) is 13.1 Å². The molecule has 0 saturated heterocycles. The van der Waals surface area contributed by atoms with E-state index in [0.29, 0.717) is 11.9 Å². The number of halogens is 1. The molecule has 0 aliphatic heterocycles. The predicted molar refractivity (Wildman–Crippen MR) is 125 cm³/mol. The Morgan fingerprint density at radius 2 is 1.20 bits per heavy atom. The minimum absolute atomic E-state index is 0.170. The van der Waals surface area contributed by atoms with Gasteiger partial charge in [0.15, 0.2) is 0 Å². The van der Waals surface area contributed by atoms with E-state index in [1.54, 1.807) is 6.07 Å². The molecule has 0 aliphatic carbocycles. The summed E-state index contributed by atoms with van der Waals surface area (Å²) >= 11 is 7.99. The average Bonchev–Trinajstić information content (AvgIpc) is 3.28. The first-order chi connectivity index (χ1) is 14.6. The van der Waals surface area contributed by atoms with Crippen LogP contribution in [0.25, 0.3) is 0 Å². The van der Waals surface area contributed by atoms with Crippen molar-refractivity contribution in [2.24, 2.45) is 0 Å². The molecular formula is C25H22ClO3P. The van der Waals surface area contributed by atoms with Crippen LogP contribution in [0.15, 0.2) is 108 Å². The van der Waals surface area contributed by atoms with Crippen molar-refractivity contribution in [2.45, 2.75) is 6.16 Å². The Morgan fingerprint density at radius 1 is 0.767 bits per heavy atom. The molecule has 4 rings (SSSR count). The zero-order valence-electron chi connectivity index (χ0n) is 16.6. The van der Waals surface area contributed by atoms with Crippen LogP contribution in [0.3, 0.4) is 0 Å². The summed E-state index contributed by atoms with van der Waals surface area (Å²) in [6.07, 6.45) is 0.433. The Hall–Kier alpha value is -2.87. The molecule has 3 nitrogen and oxygen atoms in total. The molecule has 4 aromatic rings. The van der Waals surface area contributed by atoms with Gasteiger partial charge in [0.2, 0.25) is 0 Å². The maximum atomic E-state index is 11.9. The monoisotopic (exact) mass is 436 g/mol. The quantitative estimate of drug-likeness (QED) is 0.306. The van der Waals surface area contributed by atoms with Gasteiger partial charge in [0.1, 0.15) is 0 Å². The number of ether oxygens (including phenoxy) is 1. The van der Waals surface area contributed by atoms with E-state index in [2.05, 4.69) is 36.4 Å². The zero-order chi connectivity index (χ0) is 21.1. The van der Waals surface area contributed by atoms with Crippen LogP contribution in [0.5, 0.6) is 0 Å². The molecule has 3 aromatic carbocycles. The molecule has 0 aliphatic rings. The van der Waals surface area contributed by atoms with E-state index in [9.17, 15) is 4.79 Å². The van der Waals surface area contributed by atoms with Crippen molar-refractivity contribution in [1.82, 2.24) is 0 Å². The van der Waals surface area contributed by atoms with Crippen LogP contribution in [0, 0.1) is 0 Å². The minimum atomic E-state index is -3.49. The summed E-state index contributed by atoms with van der Waals surface area (Å²) in [5.74, 6) is -3.18. The molecule has 0 unspecified atom stereocenters. The number of methoxy groups -OCH3 is 1. The van der Waals surface area contributed by atoms with Crippen LogP contribution in [0.1, 0.15) is 16.3 Å². The Labute approximate surface area is 181 Å². The molecule has 0 atom stereocenters. The molecule has 30 heavy (non-hydrogen) atoms. The molecule has 0 amide bonds. The van der Waals surface area contributed by atoms with Crippen molar-refractivity contribution in [1.29, 1.82) is 0 Å². The molecule has 0 saturated carbocycles. The fraction of sp³-hybridized carbons (Fsp3) is 0.0800. The van der Waals surface area contributed by atoms with E-state index in [1.807, 2.05) is 60.7 Å². The van der Waals surface area contributed by atoms with Crippen LogP contribution in [0.4, 0.5) is 0 Å². The molecule has 5 heteroatoms. The van der Waals surface area contributed by atoms with Gasteiger partial charge in [-0.25, -0.2) is 0 Å². The predicted octanol–water partition coefficient (Wildman–Crippen LogP) is 5.25. The molecule has 0 fully saturated rings. The third-order valence-electron chi connectivity index (χ3n) is 5.38. The summed E-state index contributed by atoms with van der Waals surface area (Å²) in [4.78, 5) is 11.9. The third-order valence-corrected chi connectivity index (χ3v) is 12.5. The van der Waals surface area contributed by atoms with E-state index < -0.39 is 11.9 Å². The Bertz CT molecular complexity index is 1040. The molecule has 0 bridgehead atoms. The van der Waals surface area contributed by atoms with Crippen molar-refractivity contribution in [2.75, 3.05) is 7.11 Å². The van der Waals surface area contributed by atoms with Crippen LogP contribution in [-0.2, 0) is 10.9 Å². The summed E-state index contributed by atoms with van der Waals surface area (Å²) in [5.41, 5.74) is 0. The Kier molecular flexibility index (Phi) is 5.51. The van der Waals surface area contributed by atoms with Crippen molar-refractivity contribution in [3.05, 3.63) is 115 Å². The molecule has 0 N–H and O–H groups in total. The molecular weight excluding hydrogens is 415 g/mol. The maximum absolute atomic E-state index is 11.9. The molecule has 1 heterocycles. The van der Waals surface area contributed by atoms with E-state index in [0.717, 1.165) is 15.9 Å². The number of hydrogen-bond acceptors (Lipinski definition) is 3. The van der Waals surface area contributed by atoms with Gasteiger partial charge in [-0.15, -0.1) is 0 Å². The standard InChI is InChI=1S/C25H22ClO3P/c1-28-25(27)24-18-17-20(29-24)19-30(26,21-11-5-2-6-12-21,22-13-7-3-8-14-22)23-15-9-4-10-16-23/h2-18H,19H2,1H3. The van der Waals surface area contributed by atoms with Crippen molar-refractivity contribution in [3.63, 3.8) is 0 Å². The topological polar surface area (TPSA) is 39.4 Å². The fourth-order valence-corrected chi connectivity index (χ4v) is 9.85. The SMILES string of the molecule is COC(=O)c1ccc(CP(Cl)(c2ccccc2)(c2ccccc2)c2ccccc2)o1. The van der Waals surface area contributed by atoms with E-state index in [4.69, 9.17) is 20.4 Å². The summed E-state index contributed by atoms with van der Waals surface area (Å²) in [5, 5.41) is 3.12. The molecule has 0 radical (unpaired) electrons. The molecule has 1 aromatic heterocycles. The van der Waals surface area contributed by atoms with Gasteiger partial charge in [0.05, 0.1) is 0 Å². The van der Waals surface area contributed by atoms with Crippen molar-refractivity contribution >= 4 is 39.1 Å². The van der Waals surface area contributed by atoms with Gasteiger partial charge in [-0.2, -0.15) is 0 Å². The molecule has 152 valence electrons. The van der Waals surface area contributed by atoms with Crippen LogP contribution >= 0.6 is 17.2 Å². The third kappa shape index (κ3) is 3.35. The molecule has 0 spiro atoms. The van der Waals surface area contributed by atoms with E-state index >= 15 is 0 Å².